The Labute approximate surface area is 126 Å². The number of hydrogen-bond donors (Lipinski definition) is 1. The number of halogens is 1. The van der Waals surface area contributed by atoms with Gasteiger partial charge in [-0.15, -0.1) is 0 Å². The Bertz CT molecular complexity index is 811. The largest absolute Gasteiger partial charge is 0.436 e. The van der Waals surface area contributed by atoms with Crippen molar-refractivity contribution in [1.82, 2.24) is 4.98 Å². The predicted octanol–water partition coefficient (Wildman–Crippen LogP) is 4.50. The minimum absolute atomic E-state index is 0.0343. The number of oxazole rings is 1. The topological polar surface area (TPSA) is 55.1 Å². The smallest absolute Gasteiger partial charge is 0.227 e. The van der Waals surface area contributed by atoms with E-state index in [-0.39, 0.29) is 5.91 Å². The maximum absolute atomic E-state index is 11.4. The second-order valence-corrected chi connectivity index (χ2v) is 5.05. The zero-order chi connectivity index (χ0) is 14.8. The van der Waals surface area contributed by atoms with E-state index in [1.807, 2.05) is 12.1 Å². The molecule has 1 aromatic heterocycles. The lowest BCUT2D eigenvalue weighted by molar-refractivity contribution is -0.115. The molecule has 0 unspecified atom stereocenters. The number of rotatable bonds is 3. The Kier molecular flexibility index (Phi) is 3.62. The lowest BCUT2D eigenvalue weighted by atomic mass is 10.2. The molecule has 0 radical (unpaired) electrons. The molecule has 0 fully saturated rings. The first-order chi connectivity index (χ1) is 10.2. The van der Waals surface area contributed by atoms with E-state index in [9.17, 15) is 4.79 Å². The number of fused-ring (bicyclic) bond motifs is 1. The fraction of sp³-hybridized carbons (Fsp3) is 0.125. The normalized spacial score (nSPS) is 10.8. The lowest BCUT2D eigenvalue weighted by Gasteiger charge is -2.01. The van der Waals surface area contributed by atoms with Crippen molar-refractivity contribution in [3.05, 3.63) is 47.5 Å². The van der Waals surface area contributed by atoms with Crippen LogP contribution in [0.5, 0.6) is 0 Å². The Morgan fingerprint density at radius 1 is 1.29 bits per heavy atom. The van der Waals surface area contributed by atoms with Crippen molar-refractivity contribution in [2.75, 3.05) is 5.32 Å². The van der Waals surface area contributed by atoms with Gasteiger partial charge in [0.25, 0.3) is 0 Å². The van der Waals surface area contributed by atoms with Crippen molar-refractivity contribution in [2.24, 2.45) is 0 Å². The summed E-state index contributed by atoms with van der Waals surface area (Å²) >= 11 is 5.98. The highest BCUT2D eigenvalue weighted by molar-refractivity contribution is 6.30. The standard InChI is InChI=1S/C16H13ClN2O2/c1-2-15(20)18-12-6-7-14-13(9-12)19-16(21-14)10-4-3-5-11(17)8-10/h3-9H,2H2,1H3,(H,18,20). The molecule has 0 spiro atoms. The third-order valence-electron chi connectivity index (χ3n) is 3.06. The number of amides is 1. The first-order valence-corrected chi connectivity index (χ1v) is 7.00. The van der Waals surface area contributed by atoms with Crippen molar-refractivity contribution < 1.29 is 9.21 Å². The van der Waals surface area contributed by atoms with Gasteiger partial charge in [-0.2, -0.15) is 0 Å². The van der Waals surface area contributed by atoms with Crippen LogP contribution in [-0.4, -0.2) is 10.9 Å². The number of nitrogens with one attached hydrogen (secondary N) is 1. The predicted molar refractivity (Wildman–Crippen MR) is 83.4 cm³/mol. The number of carbonyl (C=O) groups is 1. The van der Waals surface area contributed by atoms with Crippen LogP contribution in [0.3, 0.4) is 0 Å². The van der Waals surface area contributed by atoms with Crippen LogP contribution in [0.4, 0.5) is 5.69 Å². The summed E-state index contributed by atoms with van der Waals surface area (Å²) in [5.41, 5.74) is 2.89. The molecule has 1 amide bonds. The van der Waals surface area contributed by atoms with Crippen molar-refractivity contribution in [3.8, 4) is 11.5 Å². The number of aromatic nitrogens is 1. The minimum Gasteiger partial charge on any atom is -0.436 e. The molecule has 0 saturated carbocycles. The molecule has 5 heteroatoms. The van der Waals surface area contributed by atoms with Crippen LogP contribution in [0.25, 0.3) is 22.6 Å². The minimum atomic E-state index is -0.0343. The molecule has 21 heavy (non-hydrogen) atoms. The van der Waals surface area contributed by atoms with Crippen molar-refractivity contribution >= 4 is 34.3 Å². The van der Waals surface area contributed by atoms with Crippen LogP contribution in [0, 0.1) is 0 Å². The summed E-state index contributed by atoms with van der Waals surface area (Å²) in [6.45, 7) is 1.81. The van der Waals surface area contributed by atoms with Crippen molar-refractivity contribution in [1.29, 1.82) is 0 Å². The van der Waals surface area contributed by atoms with Gasteiger partial charge in [0.15, 0.2) is 5.58 Å². The fourth-order valence-electron chi connectivity index (χ4n) is 2.00. The van der Waals surface area contributed by atoms with Gasteiger partial charge >= 0.3 is 0 Å². The van der Waals surface area contributed by atoms with E-state index in [1.165, 1.54) is 0 Å². The van der Waals surface area contributed by atoms with Crippen LogP contribution in [0.2, 0.25) is 5.02 Å². The summed E-state index contributed by atoms with van der Waals surface area (Å²) in [5.74, 6) is 0.472. The molecule has 1 N–H and O–H groups in total. The van der Waals surface area contributed by atoms with E-state index in [0.29, 0.717) is 34.1 Å². The lowest BCUT2D eigenvalue weighted by Crippen LogP contribution is -2.08. The molecule has 0 bridgehead atoms. The average molecular weight is 301 g/mol. The van der Waals surface area contributed by atoms with Gasteiger partial charge in [0.1, 0.15) is 5.52 Å². The van der Waals surface area contributed by atoms with Gasteiger partial charge in [-0.25, -0.2) is 4.98 Å². The molecule has 2 aromatic carbocycles. The molecule has 106 valence electrons. The highest BCUT2D eigenvalue weighted by atomic mass is 35.5. The number of benzene rings is 2. The average Bonchev–Trinajstić information content (AvgIpc) is 2.90. The maximum Gasteiger partial charge on any atom is 0.227 e. The Hall–Kier alpha value is -2.33. The molecule has 0 aliphatic heterocycles. The molecule has 3 aromatic rings. The van der Waals surface area contributed by atoms with Gasteiger partial charge in [-0.05, 0) is 36.4 Å². The third kappa shape index (κ3) is 2.90. The van der Waals surface area contributed by atoms with E-state index in [1.54, 1.807) is 37.3 Å². The Balaban J connectivity index is 1.98. The number of nitrogens with zero attached hydrogens (tertiary/aromatic N) is 1. The molecule has 0 aliphatic rings. The highest BCUT2D eigenvalue weighted by Crippen LogP contribution is 2.27. The summed E-state index contributed by atoms with van der Waals surface area (Å²) < 4.78 is 5.71. The van der Waals surface area contributed by atoms with Crippen LogP contribution in [-0.2, 0) is 4.79 Å². The summed E-state index contributed by atoms with van der Waals surface area (Å²) in [4.78, 5) is 15.9. The van der Waals surface area contributed by atoms with E-state index in [2.05, 4.69) is 10.3 Å². The molecule has 3 rings (SSSR count). The zero-order valence-electron chi connectivity index (χ0n) is 11.4. The molecular formula is C16H13ClN2O2. The van der Waals surface area contributed by atoms with E-state index < -0.39 is 0 Å². The maximum atomic E-state index is 11.4. The number of anilines is 1. The van der Waals surface area contributed by atoms with Gasteiger partial charge in [-0.1, -0.05) is 24.6 Å². The first-order valence-electron chi connectivity index (χ1n) is 6.62. The number of carbonyl (C=O) groups excluding carboxylic acids is 1. The van der Waals surface area contributed by atoms with E-state index in [0.717, 1.165) is 5.56 Å². The van der Waals surface area contributed by atoms with Gasteiger partial charge in [0.05, 0.1) is 0 Å². The van der Waals surface area contributed by atoms with Gasteiger partial charge in [-0.3, -0.25) is 4.79 Å². The summed E-state index contributed by atoms with van der Waals surface area (Å²) in [7, 11) is 0. The summed E-state index contributed by atoms with van der Waals surface area (Å²) in [6.07, 6.45) is 0.435. The molecular weight excluding hydrogens is 288 g/mol. The van der Waals surface area contributed by atoms with Gasteiger partial charge in [0.2, 0.25) is 11.8 Å². The Morgan fingerprint density at radius 2 is 2.14 bits per heavy atom. The first kappa shape index (κ1) is 13.6. The fourth-order valence-corrected chi connectivity index (χ4v) is 2.19. The van der Waals surface area contributed by atoms with Gasteiger partial charge in [0, 0.05) is 22.7 Å². The number of hydrogen-bond acceptors (Lipinski definition) is 3. The van der Waals surface area contributed by atoms with Crippen molar-refractivity contribution in [3.63, 3.8) is 0 Å². The Morgan fingerprint density at radius 3 is 2.90 bits per heavy atom. The quantitative estimate of drug-likeness (QED) is 0.775. The SMILES string of the molecule is CCC(=O)Nc1ccc2oc(-c3cccc(Cl)c3)nc2c1. The monoisotopic (exact) mass is 300 g/mol. The van der Waals surface area contributed by atoms with E-state index >= 15 is 0 Å². The summed E-state index contributed by atoms with van der Waals surface area (Å²) in [5, 5.41) is 3.43. The molecule has 0 saturated heterocycles. The van der Waals surface area contributed by atoms with Crippen LogP contribution in [0.1, 0.15) is 13.3 Å². The zero-order valence-corrected chi connectivity index (χ0v) is 12.1. The second-order valence-electron chi connectivity index (χ2n) is 4.61. The summed E-state index contributed by atoms with van der Waals surface area (Å²) in [6, 6.07) is 12.7. The van der Waals surface area contributed by atoms with E-state index in [4.69, 9.17) is 16.0 Å². The molecule has 0 aliphatic carbocycles. The highest BCUT2D eigenvalue weighted by Gasteiger charge is 2.09. The van der Waals surface area contributed by atoms with Gasteiger partial charge < -0.3 is 9.73 Å². The third-order valence-corrected chi connectivity index (χ3v) is 3.30. The van der Waals surface area contributed by atoms with Crippen LogP contribution < -0.4 is 5.32 Å². The molecule has 0 atom stereocenters. The van der Waals surface area contributed by atoms with Crippen LogP contribution in [0.15, 0.2) is 46.9 Å². The molecule has 1 heterocycles. The second kappa shape index (κ2) is 5.58. The molecule has 4 nitrogen and oxygen atoms in total. The van der Waals surface area contributed by atoms with Crippen molar-refractivity contribution in [2.45, 2.75) is 13.3 Å². The van der Waals surface area contributed by atoms with Crippen LogP contribution >= 0.6 is 11.6 Å².